The summed E-state index contributed by atoms with van der Waals surface area (Å²) in [5, 5.41) is 12.4. The maximum absolute atomic E-state index is 12.1. The summed E-state index contributed by atoms with van der Waals surface area (Å²) in [4.78, 5) is 31.0. The van der Waals surface area contributed by atoms with E-state index in [4.69, 9.17) is 0 Å². The standard InChI is InChI=1S/C17H17N5O2S2/c1-10(2)15-21-22-17(26-15)20-14(24)9-25-16-18-12(8-13(23)19-16)11-6-4-3-5-7-11/h3-8,10H,9H2,1-2H3,(H,18,19,23)(H,20,22,24). The number of hydrogen-bond donors (Lipinski definition) is 2. The van der Waals surface area contributed by atoms with Crippen LogP contribution in [0, 0.1) is 0 Å². The normalized spacial score (nSPS) is 10.9. The number of H-pyrrole nitrogens is 1. The number of nitrogens with one attached hydrogen (secondary N) is 2. The van der Waals surface area contributed by atoms with Gasteiger partial charge in [0.25, 0.3) is 5.56 Å². The maximum atomic E-state index is 12.1. The molecule has 0 fully saturated rings. The number of nitrogens with zero attached hydrogens (tertiary/aromatic N) is 3. The van der Waals surface area contributed by atoms with E-state index in [-0.39, 0.29) is 23.1 Å². The minimum absolute atomic E-state index is 0.109. The molecule has 7 nitrogen and oxygen atoms in total. The lowest BCUT2D eigenvalue weighted by atomic mass is 10.1. The SMILES string of the molecule is CC(C)c1nnc(NC(=O)CSc2nc(-c3ccccc3)cc(=O)[nH]2)s1. The molecule has 2 N–H and O–H groups in total. The van der Waals surface area contributed by atoms with Gasteiger partial charge in [-0.1, -0.05) is 67.3 Å². The molecule has 0 aliphatic rings. The largest absolute Gasteiger partial charge is 0.301 e. The van der Waals surface area contributed by atoms with Crippen molar-refractivity contribution >= 4 is 34.1 Å². The van der Waals surface area contributed by atoms with Crippen molar-refractivity contribution in [3.05, 3.63) is 51.8 Å². The van der Waals surface area contributed by atoms with Crippen LogP contribution in [0.25, 0.3) is 11.3 Å². The van der Waals surface area contributed by atoms with Crippen molar-refractivity contribution in [3.63, 3.8) is 0 Å². The molecule has 26 heavy (non-hydrogen) atoms. The lowest BCUT2D eigenvalue weighted by molar-refractivity contribution is -0.113. The van der Waals surface area contributed by atoms with Crippen LogP contribution >= 0.6 is 23.1 Å². The third-order valence-electron chi connectivity index (χ3n) is 3.31. The van der Waals surface area contributed by atoms with Gasteiger partial charge in [0.1, 0.15) is 5.01 Å². The van der Waals surface area contributed by atoms with Crippen LogP contribution in [0.3, 0.4) is 0 Å². The molecular weight excluding hydrogens is 370 g/mol. The van der Waals surface area contributed by atoms with E-state index in [1.54, 1.807) is 0 Å². The lowest BCUT2D eigenvalue weighted by Gasteiger charge is -2.04. The van der Waals surface area contributed by atoms with Gasteiger partial charge in [0, 0.05) is 17.5 Å². The molecule has 0 spiro atoms. The Balaban J connectivity index is 1.64. The maximum Gasteiger partial charge on any atom is 0.252 e. The van der Waals surface area contributed by atoms with Gasteiger partial charge in [0.05, 0.1) is 11.4 Å². The molecule has 9 heteroatoms. The summed E-state index contributed by atoms with van der Waals surface area (Å²) in [5.41, 5.74) is 1.16. The number of rotatable bonds is 6. The molecule has 1 amide bonds. The van der Waals surface area contributed by atoms with Crippen LogP contribution in [0.5, 0.6) is 0 Å². The van der Waals surface area contributed by atoms with E-state index in [2.05, 4.69) is 25.5 Å². The monoisotopic (exact) mass is 387 g/mol. The van der Waals surface area contributed by atoms with Gasteiger partial charge in [-0.25, -0.2) is 4.98 Å². The minimum Gasteiger partial charge on any atom is -0.301 e. The summed E-state index contributed by atoms with van der Waals surface area (Å²) in [6, 6.07) is 10.9. The zero-order chi connectivity index (χ0) is 18.5. The first-order valence-electron chi connectivity index (χ1n) is 7.94. The predicted molar refractivity (Wildman–Crippen MR) is 104 cm³/mol. The van der Waals surface area contributed by atoms with Crippen LogP contribution < -0.4 is 10.9 Å². The highest BCUT2D eigenvalue weighted by molar-refractivity contribution is 7.99. The first kappa shape index (κ1) is 18.3. The van der Waals surface area contributed by atoms with Crippen LogP contribution in [0.2, 0.25) is 0 Å². The number of hydrogen-bond acceptors (Lipinski definition) is 7. The number of benzene rings is 1. The van der Waals surface area contributed by atoms with Crippen LogP contribution in [-0.4, -0.2) is 31.8 Å². The van der Waals surface area contributed by atoms with Crippen molar-refractivity contribution < 1.29 is 4.79 Å². The molecule has 0 atom stereocenters. The zero-order valence-corrected chi connectivity index (χ0v) is 15.9. The highest BCUT2D eigenvalue weighted by atomic mass is 32.2. The molecule has 0 saturated heterocycles. The lowest BCUT2D eigenvalue weighted by Crippen LogP contribution is -2.15. The summed E-state index contributed by atoms with van der Waals surface area (Å²) < 4.78 is 0. The molecule has 0 aliphatic carbocycles. The third kappa shape index (κ3) is 4.77. The Bertz CT molecular complexity index is 953. The Labute approximate surface area is 158 Å². The highest BCUT2D eigenvalue weighted by Crippen LogP contribution is 2.23. The van der Waals surface area contributed by atoms with Gasteiger partial charge >= 0.3 is 0 Å². The second kappa shape index (κ2) is 8.24. The first-order chi connectivity index (χ1) is 12.5. The smallest absolute Gasteiger partial charge is 0.252 e. The van der Waals surface area contributed by atoms with Crippen LogP contribution in [0.4, 0.5) is 5.13 Å². The number of aromatic nitrogens is 4. The molecule has 0 bridgehead atoms. The van der Waals surface area contributed by atoms with Crippen molar-refractivity contribution in [2.45, 2.75) is 24.9 Å². The topological polar surface area (TPSA) is 101 Å². The van der Waals surface area contributed by atoms with Crippen molar-refractivity contribution in [1.29, 1.82) is 0 Å². The van der Waals surface area contributed by atoms with Crippen molar-refractivity contribution in [3.8, 4) is 11.3 Å². The van der Waals surface area contributed by atoms with E-state index in [9.17, 15) is 9.59 Å². The Morgan fingerprint density at radius 2 is 2.04 bits per heavy atom. The Morgan fingerprint density at radius 1 is 1.27 bits per heavy atom. The molecular formula is C17H17N5O2S2. The second-order valence-corrected chi connectivity index (χ2v) is 7.71. The number of aromatic amines is 1. The van der Waals surface area contributed by atoms with Gasteiger partial charge in [-0.05, 0) is 0 Å². The molecule has 0 aliphatic heterocycles. The molecule has 0 saturated carbocycles. The second-order valence-electron chi connectivity index (χ2n) is 5.74. The summed E-state index contributed by atoms with van der Waals surface area (Å²) >= 11 is 2.52. The average Bonchev–Trinajstić information content (AvgIpc) is 3.09. The average molecular weight is 387 g/mol. The minimum atomic E-state index is -0.257. The fourth-order valence-electron chi connectivity index (χ4n) is 2.07. The third-order valence-corrected chi connectivity index (χ3v) is 5.32. The molecule has 0 radical (unpaired) electrons. The predicted octanol–water partition coefficient (Wildman–Crippen LogP) is 3.14. The summed E-state index contributed by atoms with van der Waals surface area (Å²) in [7, 11) is 0. The molecule has 3 rings (SSSR count). The molecule has 2 heterocycles. The quantitative estimate of drug-likeness (QED) is 0.498. The molecule has 1 aromatic carbocycles. The molecule has 2 aromatic heterocycles. The summed E-state index contributed by atoms with van der Waals surface area (Å²) in [6.07, 6.45) is 0. The highest BCUT2D eigenvalue weighted by Gasteiger charge is 2.12. The van der Waals surface area contributed by atoms with E-state index >= 15 is 0 Å². The zero-order valence-electron chi connectivity index (χ0n) is 14.2. The first-order valence-corrected chi connectivity index (χ1v) is 9.74. The van der Waals surface area contributed by atoms with Gasteiger partial charge in [0.2, 0.25) is 11.0 Å². The summed E-state index contributed by atoms with van der Waals surface area (Å²) in [6.45, 7) is 4.04. The fourth-order valence-corrected chi connectivity index (χ4v) is 3.51. The van der Waals surface area contributed by atoms with E-state index in [1.165, 1.54) is 17.4 Å². The van der Waals surface area contributed by atoms with Gasteiger partial charge in [-0.15, -0.1) is 10.2 Å². The van der Waals surface area contributed by atoms with Crippen LogP contribution in [0.15, 0.2) is 46.3 Å². The van der Waals surface area contributed by atoms with E-state index < -0.39 is 0 Å². The Hall–Kier alpha value is -2.52. The summed E-state index contributed by atoms with van der Waals surface area (Å²) in [5.74, 6) is 0.148. The number of thioether (sulfide) groups is 1. The molecule has 3 aromatic rings. The Kier molecular flexibility index (Phi) is 5.79. The fraction of sp³-hybridized carbons (Fsp3) is 0.235. The van der Waals surface area contributed by atoms with Crippen LogP contribution in [0.1, 0.15) is 24.8 Å². The van der Waals surface area contributed by atoms with E-state index in [1.807, 2.05) is 44.2 Å². The number of carbonyl (C=O) groups is 1. The van der Waals surface area contributed by atoms with Crippen molar-refractivity contribution in [2.75, 3.05) is 11.1 Å². The molecule has 0 unspecified atom stereocenters. The van der Waals surface area contributed by atoms with E-state index in [0.717, 1.165) is 22.3 Å². The molecule has 134 valence electrons. The van der Waals surface area contributed by atoms with Crippen LogP contribution in [-0.2, 0) is 4.79 Å². The van der Waals surface area contributed by atoms with Gasteiger partial charge in [-0.2, -0.15) is 0 Å². The Morgan fingerprint density at radius 3 is 2.73 bits per heavy atom. The van der Waals surface area contributed by atoms with Crippen molar-refractivity contribution in [2.24, 2.45) is 0 Å². The van der Waals surface area contributed by atoms with Gasteiger partial charge in [-0.3, -0.25) is 14.9 Å². The van der Waals surface area contributed by atoms with Crippen molar-refractivity contribution in [1.82, 2.24) is 20.2 Å². The van der Waals surface area contributed by atoms with Gasteiger partial charge < -0.3 is 4.98 Å². The number of anilines is 1. The van der Waals surface area contributed by atoms with E-state index in [0.29, 0.717) is 16.0 Å². The number of carbonyl (C=O) groups excluding carboxylic acids is 1. The van der Waals surface area contributed by atoms with Gasteiger partial charge in [0.15, 0.2) is 5.16 Å². The number of amides is 1.